The first kappa shape index (κ1) is 21.1. The van der Waals surface area contributed by atoms with Crippen molar-refractivity contribution in [2.45, 2.75) is 33.8 Å². The number of nitrogens with one attached hydrogen (secondary N) is 2. The Kier molecular flexibility index (Phi) is 11.2. The number of nitrogens with zero attached hydrogens (tertiary/aromatic N) is 2. The van der Waals surface area contributed by atoms with Gasteiger partial charge in [-0.25, -0.2) is 0 Å². The molecule has 0 aliphatic carbocycles. The number of ether oxygens (including phenoxy) is 2. The molecular formula is C16H36N4O2. The Morgan fingerprint density at radius 1 is 1.18 bits per heavy atom. The molecule has 0 aromatic carbocycles. The molecule has 0 aromatic rings. The van der Waals surface area contributed by atoms with Crippen molar-refractivity contribution in [2.24, 2.45) is 10.4 Å². The normalized spacial score (nSPS) is 14.3. The summed E-state index contributed by atoms with van der Waals surface area (Å²) in [6.45, 7) is 13.5. The fourth-order valence-corrected chi connectivity index (χ4v) is 1.94. The minimum Gasteiger partial charge on any atom is -0.383 e. The summed E-state index contributed by atoms with van der Waals surface area (Å²) in [4.78, 5) is 6.87. The van der Waals surface area contributed by atoms with Crippen LogP contribution in [0.25, 0.3) is 0 Å². The average Bonchev–Trinajstić information content (AvgIpc) is 2.44. The van der Waals surface area contributed by atoms with Crippen LogP contribution in [0.5, 0.6) is 0 Å². The Morgan fingerprint density at radius 2 is 1.86 bits per heavy atom. The number of hydrogen-bond donors (Lipinski definition) is 2. The van der Waals surface area contributed by atoms with Crippen LogP contribution in [0.2, 0.25) is 0 Å². The van der Waals surface area contributed by atoms with Crippen molar-refractivity contribution in [2.75, 3.05) is 60.6 Å². The summed E-state index contributed by atoms with van der Waals surface area (Å²) in [5.41, 5.74) is 0.0793. The van der Waals surface area contributed by atoms with Gasteiger partial charge in [0.15, 0.2) is 5.96 Å². The zero-order chi connectivity index (χ0) is 17.0. The molecule has 6 nitrogen and oxygen atoms in total. The predicted octanol–water partition coefficient (Wildman–Crippen LogP) is 1.18. The lowest BCUT2D eigenvalue weighted by molar-refractivity contribution is 0.0241. The Bertz CT molecular complexity index is 303. The van der Waals surface area contributed by atoms with Crippen LogP contribution in [0, 0.1) is 5.41 Å². The van der Waals surface area contributed by atoms with E-state index in [9.17, 15) is 0 Å². The monoisotopic (exact) mass is 316 g/mol. The second kappa shape index (κ2) is 11.7. The van der Waals surface area contributed by atoms with E-state index in [4.69, 9.17) is 9.47 Å². The summed E-state index contributed by atoms with van der Waals surface area (Å²) in [5, 5.41) is 6.63. The number of guanidine groups is 1. The summed E-state index contributed by atoms with van der Waals surface area (Å²) in [6.07, 6.45) is 0.104. The number of rotatable bonds is 10. The summed E-state index contributed by atoms with van der Waals surface area (Å²) in [6, 6.07) is 0. The lowest BCUT2D eigenvalue weighted by Gasteiger charge is -2.28. The quantitative estimate of drug-likeness (QED) is 0.468. The van der Waals surface area contributed by atoms with Crippen LogP contribution in [-0.2, 0) is 9.47 Å². The number of likely N-dealkylation sites (N-methyl/N-ethyl adjacent to an activating group) is 1. The highest BCUT2D eigenvalue weighted by Gasteiger charge is 2.24. The van der Waals surface area contributed by atoms with Gasteiger partial charge in [0.2, 0.25) is 0 Å². The van der Waals surface area contributed by atoms with Gasteiger partial charge in [-0.05, 0) is 19.4 Å². The number of hydrogen-bond acceptors (Lipinski definition) is 4. The number of aliphatic imine (C=N–C) groups is 1. The number of methoxy groups -OCH3 is 2. The predicted molar refractivity (Wildman–Crippen MR) is 93.6 cm³/mol. The first-order chi connectivity index (χ1) is 10.3. The zero-order valence-corrected chi connectivity index (χ0v) is 15.5. The van der Waals surface area contributed by atoms with Crippen LogP contribution in [0.4, 0.5) is 0 Å². The van der Waals surface area contributed by atoms with Gasteiger partial charge in [-0.15, -0.1) is 0 Å². The van der Waals surface area contributed by atoms with E-state index in [-0.39, 0.29) is 11.5 Å². The van der Waals surface area contributed by atoms with Gasteiger partial charge >= 0.3 is 0 Å². The third-order valence-electron chi connectivity index (χ3n) is 3.47. The molecule has 0 saturated heterocycles. The molecule has 0 amide bonds. The van der Waals surface area contributed by atoms with Crippen LogP contribution < -0.4 is 10.6 Å². The molecule has 132 valence electrons. The van der Waals surface area contributed by atoms with Crippen LogP contribution in [-0.4, -0.2) is 77.6 Å². The third kappa shape index (κ3) is 9.97. The van der Waals surface area contributed by atoms with Crippen LogP contribution in [0.15, 0.2) is 4.99 Å². The Labute approximate surface area is 136 Å². The Balaban J connectivity index is 4.31. The van der Waals surface area contributed by atoms with Gasteiger partial charge in [0, 0.05) is 40.4 Å². The minimum absolute atomic E-state index is 0.0793. The largest absolute Gasteiger partial charge is 0.383 e. The Hall–Kier alpha value is -0.850. The van der Waals surface area contributed by atoms with Crippen molar-refractivity contribution in [3.8, 4) is 0 Å². The highest BCUT2D eigenvalue weighted by molar-refractivity contribution is 5.79. The summed E-state index contributed by atoms with van der Waals surface area (Å²) >= 11 is 0. The SMILES string of the molecule is CCNC(=NCC(OC)C(C)(C)C)NCCN(C)CCOC. The van der Waals surface area contributed by atoms with Crippen molar-refractivity contribution < 1.29 is 9.47 Å². The molecule has 1 atom stereocenters. The third-order valence-corrected chi connectivity index (χ3v) is 3.47. The summed E-state index contributed by atoms with van der Waals surface area (Å²) < 4.78 is 10.6. The lowest BCUT2D eigenvalue weighted by Crippen LogP contribution is -2.42. The molecule has 2 N–H and O–H groups in total. The summed E-state index contributed by atoms with van der Waals surface area (Å²) in [5.74, 6) is 0.842. The first-order valence-corrected chi connectivity index (χ1v) is 8.07. The van der Waals surface area contributed by atoms with E-state index in [2.05, 4.69) is 55.3 Å². The molecule has 6 heteroatoms. The van der Waals surface area contributed by atoms with E-state index in [1.54, 1.807) is 14.2 Å². The molecule has 0 aromatic heterocycles. The average molecular weight is 316 g/mol. The smallest absolute Gasteiger partial charge is 0.191 e. The zero-order valence-electron chi connectivity index (χ0n) is 15.5. The highest BCUT2D eigenvalue weighted by atomic mass is 16.5. The van der Waals surface area contributed by atoms with Gasteiger partial charge in [-0.3, -0.25) is 4.99 Å². The van der Waals surface area contributed by atoms with E-state index < -0.39 is 0 Å². The van der Waals surface area contributed by atoms with Gasteiger partial charge in [-0.2, -0.15) is 0 Å². The fraction of sp³-hybridized carbons (Fsp3) is 0.938. The fourth-order valence-electron chi connectivity index (χ4n) is 1.94. The van der Waals surface area contributed by atoms with Crippen molar-refractivity contribution in [3.05, 3.63) is 0 Å². The molecule has 0 heterocycles. The standard InChI is InChI=1S/C16H36N4O2/c1-8-17-15(18-9-10-20(5)11-12-21-6)19-13-14(22-7)16(2,3)4/h14H,8-13H2,1-7H3,(H2,17,18,19). The molecule has 1 unspecified atom stereocenters. The van der Waals surface area contributed by atoms with Gasteiger partial charge in [0.05, 0.1) is 19.3 Å². The van der Waals surface area contributed by atoms with Crippen LogP contribution >= 0.6 is 0 Å². The highest BCUT2D eigenvalue weighted by Crippen LogP contribution is 2.21. The van der Waals surface area contributed by atoms with Gasteiger partial charge in [-0.1, -0.05) is 20.8 Å². The van der Waals surface area contributed by atoms with Crippen LogP contribution in [0.1, 0.15) is 27.7 Å². The molecule has 0 rings (SSSR count). The van der Waals surface area contributed by atoms with E-state index in [1.807, 2.05) is 0 Å². The molecule has 0 aliphatic heterocycles. The van der Waals surface area contributed by atoms with E-state index in [0.717, 1.165) is 38.7 Å². The second-order valence-corrected chi connectivity index (χ2v) is 6.53. The molecular weight excluding hydrogens is 280 g/mol. The van der Waals surface area contributed by atoms with Gasteiger partial charge < -0.3 is 25.0 Å². The van der Waals surface area contributed by atoms with Gasteiger partial charge in [0.1, 0.15) is 0 Å². The van der Waals surface area contributed by atoms with Crippen molar-refractivity contribution in [1.82, 2.24) is 15.5 Å². The van der Waals surface area contributed by atoms with Crippen molar-refractivity contribution in [3.63, 3.8) is 0 Å². The topological polar surface area (TPSA) is 58.1 Å². The molecule has 0 aliphatic rings. The molecule has 0 radical (unpaired) electrons. The Morgan fingerprint density at radius 3 is 2.36 bits per heavy atom. The van der Waals surface area contributed by atoms with E-state index in [0.29, 0.717) is 6.54 Å². The molecule has 0 fully saturated rings. The maximum Gasteiger partial charge on any atom is 0.191 e. The minimum atomic E-state index is 0.0793. The second-order valence-electron chi connectivity index (χ2n) is 6.53. The van der Waals surface area contributed by atoms with Crippen molar-refractivity contribution >= 4 is 5.96 Å². The first-order valence-electron chi connectivity index (χ1n) is 8.07. The van der Waals surface area contributed by atoms with Crippen LogP contribution in [0.3, 0.4) is 0 Å². The van der Waals surface area contributed by atoms with E-state index >= 15 is 0 Å². The maximum absolute atomic E-state index is 5.55. The van der Waals surface area contributed by atoms with Crippen molar-refractivity contribution in [1.29, 1.82) is 0 Å². The molecule has 0 bridgehead atoms. The maximum atomic E-state index is 5.55. The van der Waals surface area contributed by atoms with E-state index in [1.165, 1.54) is 0 Å². The van der Waals surface area contributed by atoms with Gasteiger partial charge in [0.25, 0.3) is 0 Å². The molecule has 22 heavy (non-hydrogen) atoms. The summed E-state index contributed by atoms with van der Waals surface area (Å²) in [7, 11) is 5.56. The molecule has 0 spiro atoms. The lowest BCUT2D eigenvalue weighted by atomic mass is 9.89. The molecule has 0 saturated carbocycles.